The van der Waals surface area contributed by atoms with Gasteiger partial charge in [0.15, 0.2) is 0 Å². The number of fused-ring (bicyclic) bond motifs is 3. The first kappa shape index (κ1) is 29.9. The topological polar surface area (TPSA) is 3.24 Å². The Morgan fingerprint density at radius 3 is 1.44 bits per heavy atom. The Kier molecular flexibility index (Phi) is 7.77. The van der Waals surface area contributed by atoms with Gasteiger partial charge in [-0.05, 0) is 80.9 Å². The molecule has 0 aliphatic heterocycles. The van der Waals surface area contributed by atoms with Gasteiger partial charge >= 0.3 is 0 Å². The summed E-state index contributed by atoms with van der Waals surface area (Å²) >= 11 is 1.86. The van der Waals surface area contributed by atoms with Gasteiger partial charge in [-0.25, -0.2) is 0 Å². The van der Waals surface area contributed by atoms with Crippen molar-refractivity contribution in [3.05, 3.63) is 200 Å². The molecule has 0 atom stereocenters. The minimum Gasteiger partial charge on any atom is -0.309 e. The third-order valence-corrected chi connectivity index (χ3v) is 10.7. The van der Waals surface area contributed by atoms with Crippen LogP contribution in [-0.4, -0.2) is 0 Å². The first-order valence-electron chi connectivity index (χ1n) is 17.0. The highest BCUT2D eigenvalue weighted by molar-refractivity contribution is 7.26. The average molecular weight is 656 g/mol. The van der Waals surface area contributed by atoms with Crippen molar-refractivity contribution in [3.8, 4) is 44.5 Å². The lowest BCUT2D eigenvalue weighted by Crippen LogP contribution is -2.10. The molecule has 0 bridgehead atoms. The molecule has 236 valence electrons. The largest absolute Gasteiger partial charge is 0.309 e. The molecule has 0 fully saturated rings. The summed E-state index contributed by atoms with van der Waals surface area (Å²) in [6.07, 6.45) is 0. The van der Waals surface area contributed by atoms with Crippen molar-refractivity contribution in [2.24, 2.45) is 0 Å². The molecule has 0 radical (unpaired) electrons. The Morgan fingerprint density at radius 2 is 0.800 bits per heavy atom. The number of thiophene rings is 1. The van der Waals surface area contributed by atoms with E-state index in [1.165, 1.54) is 70.4 Å². The van der Waals surface area contributed by atoms with Crippen LogP contribution < -0.4 is 4.90 Å². The fourth-order valence-electron chi connectivity index (χ4n) is 7.15. The predicted molar refractivity (Wildman–Crippen MR) is 216 cm³/mol. The Labute approximate surface area is 297 Å². The summed E-state index contributed by atoms with van der Waals surface area (Å²) in [5.74, 6) is 0. The van der Waals surface area contributed by atoms with E-state index in [0.29, 0.717) is 0 Å². The van der Waals surface area contributed by atoms with Gasteiger partial charge in [0.05, 0.1) is 10.4 Å². The SMILES string of the molecule is c1ccc(-c2ccccc2-c2ccc(N(c3cccc(-c4ccccc4-c4ccccc4)c3)c3cccc4c3sc3ccccc34)cc2)cc1. The van der Waals surface area contributed by atoms with Crippen molar-refractivity contribution < 1.29 is 0 Å². The first-order chi connectivity index (χ1) is 24.8. The number of nitrogens with zero attached hydrogens (tertiary/aromatic N) is 1. The lowest BCUT2D eigenvalue weighted by molar-refractivity contribution is 1.30. The summed E-state index contributed by atoms with van der Waals surface area (Å²) in [6.45, 7) is 0. The first-order valence-corrected chi connectivity index (χ1v) is 17.8. The van der Waals surface area contributed by atoms with Crippen LogP contribution in [0.15, 0.2) is 200 Å². The summed E-state index contributed by atoms with van der Waals surface area (Å²) in [4.78, 5) is 2.43. The maximum atomic E-state index is 2.43. The van der Waals surface area contributed by atoms with E-state index in [1.54, 1.807) is 0 Å². The number of anilines is 3. The molecule has 0 aliphatic carbocycles. The molecule has 2 heteroatoms. The molecule has 0 saturated carbocycles. The quantitative estimate of drug-likeness (QED) is 0.165. The van der Waals surface area contributed by atoms with Crippen LogP contribution in [0.1, 0.15) is 0 Å². The molecule has 0 spiro atoms. The second-order valence-electron chi connectivity index (χ2n) is 12.5. The zero-order valence-electron chi connectivity index (χ0n) is 27.4. The molecule has 9 aromatic rings. The molecule has 0 saturated heterocycles. The van der Waals surface area contributed by atoms with Crippen molar-refractivity contribution >= 4 is 48.6 Å². The van der Waals surface area contributed by atoms with Crippen molar-refractivity contribution in [1.82, 2.24) is 0 Å². The predicted octanol–water partition coefficient (Wildman–Crippen LogP) is 14.2. The van der Waals surface area contributed by atoms with Crippen LogP contribution in [0.3, 0.4) is 0 Å². The summed E-state index contributed by atoms with van der Waals surface area (Å²) in [6, 6.07) is 72.3. The Morgan fingerprint density at radius 1 is 0.320 bits per heavy atom. The molecule has 0 N–H and O–H groups in total. The Bertz CT molecular complexity index is 2580. The smallest absolute Gasteiger partial charge is 0.0640 e. The Hall–Kier alpha value is -6.22. The molecule has 0 unspecified atom stereocenters. The van der Waals surface area contributed by atoms with Gasteiger partial charge in [0, 0.05) is 26.8 Å². The molecule has 0 aliphatic rings. The number of hydrogen-bond donors (Lipinski definition) is 0. The van der Waals surface area contributed by atoms with E-state index in [2.05, 4.69) is 205 Å². The monoisotopic (exact) mass is 655 g/mol. The molecular formula is C48H33NS. The molecule has 1 heterocycles. The summed E-state index contributed by atoms with van der Waals surface area (Å²) in [5.41, 5.74) is 13.1. The standard InChI is InChI=1S/C48H33NS/c1-3-15-34(16-4-1)40-21-7-8-23-42(40)36-29-31-38(32-30-36)49(46-27-14-26-45-44-25-11-12-28-47(44)50-48(45)46)39-20-13-19-37(33-39)43-24-10-9-22-41(43)35-17-5-2-6-18-35/h1-33H. The summed E-state index contributed by atoms with van der Waals surface area (Å²) in [7, 11) is 0. The zero-order valence-corrected chi connectivity index (χ0v) is 28.2. The van der Waals surface area contributed by atoms with E-state index in [4.69, 9.17) is 0 Å². The molecule has 8 aromatic carbocycles. The molecule has 0 amide bonds. The number of rotatable bonds is 7. The van der Waals surface area contributed by atoms with Gasteiger partial charge in [0.25, 0.3) is 0 Å². The molecule has 9 rings (SSSR count). The highest BCUT2D eigenvalue weighted by Crippen LogP contribution is 2.46. The summed E-state index contributed by atoms with van der Waals surface area (Å²) in [5, 5.41) is 2.58. The molecule has 50 heavy (non-hydrogen) atoms. The fourth-order valence-corrected chi connectivity index (χ4v) is 8.35. The maximum absolute atomic E-state index is 2.43. The number of benzene rings is 8. The molecular weight excluding hydrogens is 623 g/mol. The van der Waals surface area contributed by atoms with Gasteiger partial charge in [-0.1, -0.05) is 164 Å². The van der Waals surface area contributed by atoms with Gasteiger partial charge < -0.3 is 4.90 Å². The second-order valence-corrected chi connectivity index (χ2v) is 13.6. The van der Waals surface area contributed by atoms with Gasteiger partial charge in [-0.3, -0.25) is 0 Å². The van der Waals surface area contributed by atoms with Crippen LogP contribution in [0.2, 0.25) is 0 Å². The van der Waals surface area contributed by atoms with Crippen molar-refractivity contribution in [2.45, 2.75) is 0 Å². The van der Waals surface area contributed by atoms with Gasteiger partial charge in [-0.15, -0.1) is 11.3 Å². The van der Waals surface area contributed by atoms with Crippen LogP contribution in [0.4, 0.5) is 17.1 Å². The average Bonchev–Trinajstić information content (AvgIpc) is 3.59. The highest BCUT2D eigenvalue weighted by atomic mass is 32.1. The lowest BCUT2D eigenvalue weighted by Gasteiger charge is -2.27. The number of hydrogen-bond acceptors (Lipinski definition) is 2. The molecule has 1 nitrogen and oxygen atoms in total. The van der Waals surface area contributed by atoms with Gasteiger partial charge in [0.1, 0.15) is 0 Å². The normalized spacial score (nSPS) is 11.2. The third kappa shape index (κ3) is 5.46. The third-order valence-electron chi connectivity index (χ3n) is 9.50. The van der Waals surface area contributed by atoms with Crippen LogP contribution in [0, 0.1) is 0 Å². The fraction of sp³-hybridized carbons (Fsp3) is 0. The van der Waals surface area contributed by atoms with E-state index in [1.807, 2.05) is 11.3 Å². The zero-order chi connectivity index (χ0) is 33.3. The van der Waals surface area contributed by atoms with E-state index in [0.717, 1.165) is 11.4 Å². The van der Waals surface area contributed by atoms with Crippen molar-refractivity contribution in [1.29, 1.82) is 0 Å². The maximum Gasteiger partial charge on any atom is 0.0640 e. The Balaban J connectivity index is 1.21. The van der Waals surface area contributed by atoms with Crippen LogP contribution in [0.5, 0.6) is 0 Å². The lowest BCUT2D eigenvalue weighted by atomic mass is 9.94. The van der Waals surface area contributed by atoms with Gasteiger partial charge in [0.2, 0.25) is 0 Å². The molecule has 1 aromatic heterocycles. The van der Waals surface area contributed by atoms with Gasteiger partial charge in [-0.2, -0.15) is 0 Å². The minimum atomic E-state index is 1.12. The van der Waals surface area contributed by atoms with E-state index in [9.17, 15) is 0 Å². The summed E-state index contributed by atoms with van der Waals surface area (Å²) < 4.78 is 2.58. The van der Waals surface area contributed by atoms with Crippen LogP contribution in [-0.2, 0) is 0 Å². The van der Waals surface area contributed by atoms with E-state index >= 15 is 0 Å². The van der Waals surface area contributed by atoms with Crippen molar-refractivity contribution in [3.63, 3.8) is 0 Å². The van der Waals surface area contributed by atoms with E-state index < -0.39 is 0 Å². The highest BCUT2D eigenvalue weighted by Gasteiger charge is 2.19. The van der Waals surface area contributed by atoms with Crippen LogP contribution in [0.25, 0.3) is 64.7 Å². The second kappa shape index (κ2) is 13.0. The van der Waals surface area contributed by atoms with E-state index in [-0.39, 0.29) is 0 Å². The minimum absolute atomic E-state index is 1.12. The van der Waals surface area contributed by atoms with Crippen LogP contribution >= 0.6 is 11.3 Å². The van der Waals surface area contributed by atoms with Crippen molar-refractivity contribution in [2.75, 3.05) is 4.90 Å².